The van der Waals surface area contributed by atoms with Crippen LogP contribution in [-0.4, -0.2) is 24.6 Å². The van der Waals surface area contributed by atoms with E-state index in [1.54, 1.807) is 6.08 Å². The van der Waals surface area contributed by atoms with Gasteiger partial charge in [-0.2, -0.15) is 5.10 Å². The minimum atomic E-state index is -0.414. The lowest BCUT2D eigenvalue weighted by Crippen LogP contribution is -2.33. The number of benzene rings is 2. The summed E-state index contributed by atoms with van der Waals surface area (Å²) in [6.07, 6.45) is 6.40. The minimum Gasteiger partial charge on any atom is -0.343 e. The summed E-state index contributed by atoms with van der Waals surface area (Å²) in [5, 5.41) is 6.32. The summed E-state index contributed by atoms with van der Waals surface area (Å²) in [4.78, 5) is 23.3. The second-order valence-electron chi connectivity index (χ2n) is 5.19. The molecule has 0 unspecified atom stereocenters. The number of hydrogen-bond donors (Lipinski definition) is 2. The van der Waals surface area contributed by atoms with Crippen LogP contribution in [0.4, 0.5) is 0 Å². The molecule has 2 rings (SSSR count). The number of nitrogens with zero attached hydrogens (tertiary/aromatic N) is 1. The average Bonchev–Trinajstić information content (AvgIpc) is 2.66. The van der Waals surface area contributed by atoms with Crippen LogP contribution in [0.5, 0.6) is 0 Å². The molecule has 2 amide bonds. The molecule has 2 aromatic carbocycles. The molecule has 0 radical (unpaired) electrons. The Bertz CT molecular complexity index is 815. The zero-order chi connectivity index (χ0) is 18.6. The Balaban J connectivity index is 1.72. The highest BCUT2D eigenvalue weighted by molar-refractivity contribution is 9.12. The average molecular weight is 412 g/mol. The first-order chi connectivity index (χ1) is 12.6. The van der Waals surface area contributed by atoms with E-state index in [1.165, 1.54) is 12.3 Å². The molecule has 0 bridgehead atoms. The van der Waals surface area contributed by atoms with Crippen LogP contribution in [0.25, 0.3) is 12.2 Å². The number of carbonyl (C=O) groups is 2. The van der Waals surface area contributed by atoms with Crippen molar-refractivity contribution >= 4 is 46.1 Å². The van der Waals surface area contributed by atoms with Crippen LogP contribution in [-0.2, 0) is 9.59 Å². The fourth-order valence-electron chi connectivity index (χ4n) is 1.91. The molecule has 0 aromatic heterocycles. The predicted octanol–water partition coefficient (Wildman–Crippen LogP) is 3.35. The molecule has 0 heterocycles. The van der Waals surface area contributed by atoms with Crippen molar-refractivity contribution in [2.24, 2.45) is 5.10 Å². The highest BCUT2D eigenvalue weighted by Crippen LogP contribution is 2.09. The number of amides is 2. The molecule has 0 atom stereocenters. The van der Waals surface area contributed by atoms with Gasteiger partial charge >= 0.3 is 0 Å². The van der Waals surface area contributed by atoms with Crippen LogP contribution < -0.4 is 10.7 Å². The lowest BCUT2D eigenvalue weighted by atomic mass is 10.2. The predicted molar refractivity (Wildman–Crippen MR) is 108 cm³/mol. The molecule has 6 heteroatoms. The summed E-state index contributed by atoms with van der Waals surface area (Å²) < 4.78 is 0.707. The van der Waals surface area contributed by atoms with E-state index in [-0.39, 0.29) is 12.5 Å². The van der Waals surface area contributed by atoms with Gasteiger partial charge in [0.05, 0.1) is 12.8 Å². The van der Waals surface area contributed by atoms with Gasteiger partial charge in [-0.05, 0) is 39.2 Å². The summed E-state index contributed by atoms with van der Waals surface area (Å²) in [7, 11) is 0. The third kappa shape index (κ3) is 7.72. The van der Waals surface area contributed by atoms with Crippen LogP contribution in [0.3, 0.4) is 0 Å². The van der Waals surface area contributed by atoms with E-state index in [9.17, 15) is 9.59 Å². The van der Waals surface area contributed by atoms with E-state index in [4.69, 9.17) is 0 Å². The van der Waals surface area contributed by atoms with Crippen molar-refractivity contribution in [2.75, 3.05) is 6.54 Å². The maximum Gasteiger partial charge on any atom is 0.259 e. The van der Waals surface area contributed by atoms with Crippen LogP contribution in [0.2, 0.25) is 0 Å². The Morgan fingerprint density at radius 2 is 1.58 bits per heavy atom. The summed E-state index contributed by atoms with van der Waals surface area (Å²) >= 11 is 3.35. The van der Waals surface area contributed by atoms with Crippen LogP contribution in [0.1, 0.15) is 11.1 Å². The summed E-state index contributed by atoms with van der Waals surface area (Å²) in [5.74, 6) is -0.763. The smallest absolute Gasteiger partial charge is 0.259 e. The molecule has 26 heavy (non-hydrogen) atoms. The lowest BCUT2D eigenvalue weighted by Gasteiger charge is -2.01. The van der Waals surface area contributed by atoms with Crippen molar-refractivity contribution in [3.8, 4) is 0 Å². The molecule has 0 aliphatic heterocycles. The van der Waals surface area contributed by atoms with Gasteiger partial charge in [-0.25, -0.2) is 5.43 Å². The van der Waals surface area contributed by atoms with Crippen molar-refractivity contribution < 1.29 is 9.59 Å². The second-order valence-corrected chi connectivity index (χ2v) is 6.11. The van der Waals surface area contributed by atoms with Gasteiger partial charge in [0, 0.05) is 10.6 Å². The number of allylic oxidation sites excluding steroid dienone is 1. The first-order valence-electron chi connectivity index (χ1n) is 7.88. The molecule has 0 saturated carbocycles. The number of rotatable bonds is 7. The van der Waals surface area contributed by atoms with Gasteiger partial charge in [0.25, 0.3) is 5.91 Å². The Morgan fingerprint density at radius 3 is 2.23 bits per heavy atom. The minimum absolute atomic E-state index is 0.157. The van der Waals surface area contributed by atoms with E-state index in [2.05, 4.69) is 31.8 Å². The number of carbonyl (C=O) groups excluding carboxylic acids is 2. The SMILES string of the molecule is O=C(/C=C/c1ccccc1)NCC(=O)N/N=C\C(Br)=C\c1ccccc1. The quantitative estimate of drug-likeness (QED) is 0.416. The van der Waals surface area contributed by atoms with E-state index < -0.39 is 5.91 Å². The molecule has 0 fully saturated rings. The van der Waals surface area contributed by atoms with Crippen molar-refractivity contribution in [3.05, 3.63) is 82.3 Å². The van der Waals surface area contributed by atoms with Crippen molar-refractivity contribution in [1.29, 1.82) is 0 Å². The monoisotopic (exact) mass is 411 g/mol. The standard InChI is InChI=1S/C20H18BrN3O2/c21-18(13-17-9-5-2-6-10-17)14-23-24-20(26)15-22-19(25)12-11-16-7-3-1-4-8-16/h1-14H,15H2,(H,22,25)(H,24,26)/b12-11+,18-13-,23-14-. The molecule has 5 nitrogen and oxygen atoms in total. The van der Waals surface area contributed by atoms with Crippen LogP contribution in [0, 0.1) is 0 Å². The number of nitrogens with one attached hydrogen (secondary N) is 2. The topological polar surface area (TPSA) is 70.6 Å². The largest absolute Gasteiger partial charge is 0.343 e. The molecule has 2 aromatic rings. The molecule has 132 valence electrons. The highest BCUT2D eigenvalue weighted by atomic mass is 79.9. The van der Waals surface area contributed by atoms with E-state index in [0.29, 0.717) is 4.48 Å². The first-order valence-corrected chi connectivity index (χ1v) is 8.68. The lowest BCUT2D eigenvalue weighted by molar-refractivity contribution is -0.123. The molecule has 0 spiro atoms. The van der Waals surface area contributed by atoms with Crippen LogP contribution in [0.15, 0.2) is 76.3 Å². The van der Waals surface area contributed by atoms with E-state index in [0.717, 1.165) is 11.1 Å². The Hall–Kier alpha value is -2.99. The third-order valence-electron chi connectivity index (χ3n) is 3.13. The second kappa shape index (κ2) is 10.8. The van der Waals surface area contributed by atoms with Gasteiger partial charge in [-0.3, -0.25) is 9.59 Å². The van der Waals surface area contributed by atoms with Crippen molar-refractivity contribution in [3.63, 3.8) is 0 Å². The van der Waals surface area contributed by atoms with Gasteiger partial charge in [-0.1, -0.05) is 60.7 Å². The third-order valence-corrected chi connectivity index (χ3v) is 3.56. The van der Waals surface area contributed by atoms with Gasteiger partial charge < -0.3 is 5.32 Å². The number of hydrazone groups is 1. The fraction of sp³-hybridized carbons (Fsp3) is 0.0500. The van der Waals surface area contributed by atoms with Crippen molar-refractivity contribution in [2.45, 2.75) is 0 Å². The van der Waals surface area contributed by atoms with Crippen LogP contribution >= 0.6 is 15.9 Å². The van der Waals surface area contributed by atoms with E-state index >= 15 is 0 Å². The normalized spacial score (nSPS) is 11.7. The molecule has 0 saturated heterocycles. The molecule has 0 aliphatic carbocycles. The van der Waals surface area contributed by atoms with Gasteiger partial charge in [0.2, 0.25) is 5.91 Å². The summed E-state index contributed by atoms with van der Waals surface area (Å²) in [5.41, 5.74) is 4.27. The molecular formula is C20H18BrN3O2. The summed E-state index contributed by atoms with van der Waals surface area (Å²) in [6.45, 7) is -0.157. The number of halogens is 1. The zero-order valence-corrected chi connectivity index (χ0v) is 15.5. The Morgan fingerprint density at radius 1 is 0.962 bits per heavy atom. The summed E-state index contributed by atoms with van der Waals surface area (Å²) in [6, 6.07) is 19.1. The maximum absolute atomic E-state index is 11.7. The molecular weight excluding hydrogens is 394 g/mol. The van der Waals surface area contributed by atoms with Gasteiger partial charge in [0.1, 0.15) is 0 Å². The Labute approximate surface area is 160 Å². The van der Waals surface area contributed by atoms with E-state index in [1.807, 2.05) is 66.7 Å². The first kappa shape index (κ1) is 19.3. The maximum atomic E-state index is 11.7. The Kier molecular flexibility index (Phi) is 8.02. The van der Waals surface area contributed by atoms with Crippen molar-refractivity contribution in [1.82, 2.24) is 10.7 Å². The molecule has 2 N–H and O–H groups in total. The zero-order valence-electron chi connectivity index (χ0n) is 13.9. The highest BCUT2D eigenvalue weighted by Gasteiger charge is 2.01. The van der Waals surface area contributed by atoms with Gasteiger partial charge in [0.15, 0.2) is 0 Å². The number of hydrogen-bond acceptors (Lipinski definition) is 3. The molecule has 0 aliphatic rings. The fourth-order valence-corrected chi connectivity index (χ4v) is 2.28. The van der Waals surface area contributed by atoms with Gasteiger partial charge in [-0.15, -0.1) is 0 Å².